The van der Waals surface area contributed by atoms with Crippen LogP contribution >= 0.6 is 0 Å². The van der Waals surface area contributed by atoms with Crippen LogP contribution in [-0.4, -0.2) is 35.9 Å². The van der Waals surface area contributed by atoms with Crippen LogP contribution in [-0.2, 0) is 16.0 Å². The number of esters is 1. The highest BCUT2D eigenvalue weighted by molar-refractivity contribution is 5.90. The van der Waals surface area contributed by atoms with Gasteiger partial charge in [0.25, 0.3) is 0 Å². The van der Waals surface area contributed by atoms with Crippen molar-refractivity contribution in [2.75, 3.05) is 11.5 Å². The smallest absolute Gasteiger partial charge is 0.302 e. The van der Waals surface area contributed by atoms with Gasteiger partial charge in [-0.25, -0.2) is 0 Å². The molecule has 1 aromatic carbocycles. The Bertz CT molecular complexity index is 929. The first-order valence-electron chi connectivity index (χ1n) is 12.3. The second kappa shape index (κ2) is 10.1. The van der Waals surface area contributed by atoms with E-state index in [0.29, 0.717) is 12.1 Å². The average Bonchev–Trinajstić information content (AvgIpc) is 3.13. The third kappa shape index (κ3) is 4.56. The van der Waals surface area contributed by atoms with Gasteiger partial charge in [0.1, 0.15) is 0 Å². The standard InChI is InChI=1S/C28H37NO3/c1-4-8-20-11-16-27-25(17-20)24-9-6-7-10-26(24)29(27)23-14-12-22(13-15-23)28(31)21(5-2)18-32-19(3)30/h6-7,9,11-12,16-17,21,23,26,28,31H,4-5,8,10,13-15,18H2,1-3H3. The fourth-order valence-corrected chi connectivity index (χ4v) is 5.57. The number of benzene rings is 1. The number of aliphatic hydroxyl groups excluding tert-OH is 1. The zero-order chi connectivity index (χ0) is 22.7. The molecule has 172 valence electrons. The van der Waals surface area contributed by atoms with E-state index in [9.17, 15) is 9.90 Å². The molecule has 2 aliphatic carbocycles. The molecular formula is C28H37NO3. The van der Waals surface area contributed by atoms with Crippen LogP contribution in [0.5, 0.6) is 0 Å². The van der Waals surface area contributed by atoms with Crippen molar-refractivity contribution >= 4 is 17.2 Å². The molecule has 4 rings (SSSR count). The first kappa shape index (κ1) is 22.8. The molecule has 0 saturated carbocycles. The first-order valence-corrected chi connectivity index (χ1v) is 12.3. The Balaban J connectivity index is 1.52. The summed E-state index contributed by atoms with van der Waals surface area (Å²) >= 11 is 0. The molecule has 32 heavy (non-hydrogen) atoms. The van der Waals surface area contributed by atoms with Crippen molar-refractivity contribution in [3.8, 4) is 0 Å². The van der Waals surface area contributed by atoms with Gasteiger partial charge in [-0.1, -0.05) is 50.6 Å². The number of aryl methyl sites for hydroxylation is 1. The molecule has 0 spiro atoms. The summed E-state index contributed by atoms with van der Waals surface area (Å²) < 4.78 is 5.19. The second-order valence-electron chi connectivity index (χ2n) is 9.43. The van der Waals surface area contributed by atoms with E-state index in [2.05, 4.69) is 54.3 Å². The Morgan fingerprint density at radius 3 is 2.81 bits per heavy atom. The Labute approximate surface area is 192 Å². The summed E-state index contributed by atoms with van der Waals surface area (Å²) in [4.78, 5) is 13.8. The zero-order valence-electron chi connectivity index (χ0n) is 19.7. The second-order valence-corrected chi connectivity index (χ2v) is 9.43. The largest absolute Gasteiger partial charge is 0.465 e. The number of hydrogen-bond donors (Lipinski definition) is 1. The number of anilines is 1. The van der Waals surface area contributed by atoms with Crippen molar-refractivity contribution in [3.05, 3.63) is 59.2 Å². The number of ether oxygens (including phenoxy) is 1. The van der Waals surface area contributed by atoms with Crippen LogP contribution in [0.1, 0.15) is 70.4 Å². The zero-order valence-corrected chi connectivity index (χ0v) is 19.7. The minimum absolute atomic E-state index is 0.0378. The number of carbonyl (C=O) groups is 1. The number of allylic oxidation sites excluding steroid dienone is 2. The van der Waals surface area contributed by atoms with Crippen LogP contribution in [0.4, 0.5) is 5.69 Å². The molecule has 3 aliphatic rings. The highest BCUT2D eigenvalue weighted by atomic mass is 16.5. The van der Waals surface area contributed by atoms with Crippen molar-refractivity contribution in [1.82, 2.24) is 0 Å². The highest BCUT2D eigenvalue weighted by Crippen LogP contribution is 2.46. The number of nitrogens with zero attached hydrogens (tertiary/aromatic N) is 1. The molecule has 0 radical (unpaired) electrons. The maximum Gasteiger partial charge on any atom is 0.302 e. The molecule has 4 heteroatoms. The Morgan fingerprint density at radius 1 is 1.28 bits per heavy atom. The fraction of sp³-hybridized carbons (Fsp3) is 0.536. The van der Waals surface area contributed by atoms with E-state index in [4.69, 9.17) is 4.74 Å². The number of aliphatic hydroxyl groups is 1. The van der Waals surface area contributed by atoms with Crippen molar-refractivity contribution in [2.45, 2.75) is 83.9 Å². The maximum atomic E-state index is 11.2. The summed E-state index contributed by atoms with van der Waals surface area (Å²) in [5, 5.41) is 10.9. The Kier molecular flexibility index (Phi) is 7.20. The Hall–Kier alpha value is -2.33. The van der Waals surface area contributed by atoms with E-state index >= 15 is 0 Å². The first-order chi connectivity index (χ1) is 15.5. The van der Waals surface area contributed by atoms with Gasteiger partial charge in [0.2, 0.25) is 0 Å². The molecular weight excluding hydrogens is 398 g/mol. The van der Waals surface area contributed by atoms with Gasteiger partial charge in [-0.3, -0.25) is 4.79 Å². The van der Waals surface area contributed by atoms with E-state index in [0.717, 1.165) is 44.1 Å². The van der Waals surface area contributed by atoms with Crippen LogP contribution in [0.25, 0.3) is 5.57 Å². The summed E-state index contributed by atoms with van der Waals surface area (Å²) in [6, 6.07) is 7.91. The van der Waals surface area contributed by atoms with E-state index in [1.807, 2.05) is 6.92 Å². The lowest BCUT2D eigenvalue weighted by Crippen LogP contribution is -2.42. The van der Waals surface area contributed by atoms with Gasteiger partial charge in [-0.05, 0) is 67.4 Å². The van der Waals surface area contributed by atoms with Gasteiger partial charge < -0.3 is 14.7 Å². The quantitative estimate of drug-likeness (QED) is 0.426. The van der Waals surface area contributed by atoms with E-state index < -0.39 is 6.10 Å². The minimum atomic E-state index is -0.532. The van der Waals surface area contributed by atoms with E-state index in [-0.39, 0.29) is 18.5 Å². The number of fused-ring (bicyclic) bond motifs is 3. The van der Waals surface area contributed by atoms with Gasteiger partial charge in [-0.2, -0.15) is 0 Å². The SMILES string of the molecule is CCCc1ccc2c(c1)C1=CC=CCC1N2C1CC=C(C(O)C(CC)COC(C)=O)CC1. The van der Waals surface area contributed by atoms with Gasteiger partial charge in [0.15, 0.2) is 0 Å². The molecule has 0 bridgehead atoms. The normalized spacial score (nSPS) is 23.7. The molecule has 0 amide bonds. The lowest BCUT2D eigenvalue weighted by atomic mass is 9.85. The molecule has 1 heterocycles. The maximum absolute atomic E-state index is 11.2. The summed E-state index contributed by atoms with van der Waals surface area (Å²) in [6.07, 6.45) is 15.5. The van der Waals surface area contributed by atoms with Crippen LogP contribution in [0.2, 0.25) is 0 Å². The van der Waals surface area contributed by atoms with Crippen LogP contribution in [0.3, 0.4) is 0 Å². The predicted molar refractivity (Wildman–Crippen MR) is 131 cm³/mol. The topological polar surface area (TPSA) is 49.8 Å². The molecule has 4 unspecified atom stereocenters. The summed E-state index contributed by atoms with van der Waals surface area (Å²) in [7, 11) is 0. The lowest BCUT2D eigenvalue weighted by Gasteiger charge is -2.39. The predicted octanol–water partition coefficient (Wildman–Crippen LogP) is 5.60. The minimum Gasteiger partial charge on any atom is -0.465 e. The molecule has 1 aliphatic heterocycles. The van der Waals surface area contributed by atoms with Crippen molar-refractivity contribution in [1.29, 1.82) is 0 Å². The Morgan fingerprint density at radius 2 is 2.12 bits per heavy atom. The third-order valence-electron chi connectivity index (χ3n) is 7.32. The monoisotopic (exact) mass is 435 g/mol. The number of carbonyl (C=O) groups excluding carboxylic acids is 1. The fourth-order valence-electron chi connectivity index (χ4n) is 5.57. The molecule has 4 nitrogen and oxygen atoms in total. The average molecular weight is 436 g/mol. The van der Waals surface area contributed by atoms with Crippen LogP contribution in [0, 0.1) is 5.92 Å². The number of rotatable bonds is 8. The number of hydrogen-bond acceptors (Lipinski definition) is 4. The van der Waals surface area contributed by atoms with Gasteiger partial charge in [0, 0.05) is 30.1 Å². The van der Waals surface area contributed by atoms with Crippen molar-refractivity contribution in [2.24, 2.45) is 5.92 Å². The summed E-state index contributed by atoms with van der Waals surface area (Å²) in [5.41, 5.74) is 6.77. The van der Waals surface area contributed by atoms with Crippen molar-refractivity contribution in [3.63, 3.8) is 0 Å². The van der Waals surface area contributed by atoms with Crippen LogP contribution in [0.15, 0.2) is 48.1 Å². The van der Waals surface area contributed by atoms with Crippen molar-refractivity contribution < 1.29 is 14.6 Å². The third-order valence-corrected chi connectivity index (χ3v) is 7.32. The van der Waals surface area contributed by atoms with E-state index in [1.165, 1.54) is 35.7 Å². The molecule has 4 atom stereocenters. The summed E-state index contributed by atoms with van der Waals surface area (Å²) in [6.45, 7) is 5.99. The molecule has 1 N–H and O–H groups in total. The van der Waals surface area contributed by atoms with Gasteiger partial charge in [-0.15, -0.1) is 0 Å². The van der Waals surface area contributed by atoms with E-state index in [1.54, 1.807) is 0 Å². The van der Waals surface area contributed by atoms with Gasteiger partial charge in [0.05, 0.1) is 18.8 Å². The summed E-state index contributed by atoms with van der Waals surface area (Å²) in [5.74, 6) is -0.322. The highest BCUT2D eigenvalue weighted by Gasteiger charge is 2.38. The lowest BCUT2D eigenvalue weighted by molar-refractivity contribution is -0.143. The molecule has 1 aromatic rings. The molecule has 0 aromatic heterocycles. The van der Waals surface area contributed by atoms with Gasteiger partial charge >= 0.3 is 5.97 Å². The molecule has 0 fully saturated rings. The molecule has 0 saturated heterocycles. The van der Waals surface area contributed by atoms with Crippen LogP contribution < -0.4 is 4.90 Å².